The summed E-state index contributed by atoms with van der Waals surface area (Å²) < 4.78 is 11.4. The summed E-state index contributed by atoms with van der Waals surface area (Å²) in [6, 6.07) is 14.9. The third kappa shape index (κ3) is 3.89. The van der Waals surface area contributed by atoms with Gasteiger partial charge < -0.3 is 19.4 Å². The van der Waals surface area contributed by atoms with Crippen LogP contribution in [0, 0.1) is 0 Å². The van der Waals surface area contributed by atoms with Gasteiger partial charge in [0.2, 0.25) is 12.2 Å². The lowest BCUT2D eigenvalue weighted by Gasteiger charge is -2.24. The summed E-state index contributed by atoms with van der Waals surface area (Å²) in [5, 5.41) is 0. The van der Waals surface area contributed by atoms with Crippen LogP contribution in [0.4, 0.5) is 0 Å². The van der Waals surface area contributed by atoms with E-state index in [1.54, 1.807) is 13.8 Å². The molecule has 0 unspecified atom stereocenters. The monoisotopic (exact) mass is 406 g/mol. The molecular formula is C22H22N4O4. The smallest absolute Gasteiger partial charge is 0.306 e. The fourth-order valence-electron chi connectivity index (χ4n) is 3.19. The van der Waals surface area contributed by atoms with Gasteiger partial charge in [-0.2, -0.15) is 0 Å². The molecule has 0 aliphatic heterocycles. The van der Waals surface area contributed by atoms with Gasteiger partial charge in [0.25, 0.3) is 0 Å². The van der Waals surface area contributed by atoms with Gasteiger partial charge in [-0.3, -0.25) is 9.59 Å². The SMILES string of the molecule is CCC(=O)O[C@@H](c1nc2ccccc2[nH]1)[C@@H](OC(=O)CC)c1nc2ccccc2[nH]1. The van der Waals surface area contributed by atoms with Crippen LogP contribution in [0.1, 0.15) is 50.5 Å². The minimum absolute atomic E-state index is 0.172. The average Bonchev–Trinajstić information content (AvgIpc) is 3.39. The van der Waals surface area contributed by atoms with Gasteiger partial charge in [0.05, 0.1) is 22.1 Å². The molecule has 0 fully saturated rings. The van der Waals surface area contributed by atoms with E-state index in [0.717, 1.165) is 22.1 Å². The summed E-state index contributed by atoms with van der Waals surface area (Å²) >= 11 is 0. The number of hydrogen-bond donors (Lipinski definition) is 2. The first kappa shape index (κ1) is 19.6. The Kier molecular flexibility index (Phi) is 5.47. The largest absolute Gasteiger partial charge is 0.450 e. The number of esters is 2. The number of carbonyl (C=O) groups excluding carboxylic acids is 2. The molecule has 4 rings (SSSR count). The molecule has 0 aliphatic rings. The van der Waals surface area contributed by atoms with E-state index in [1.807, 2.05) is 48.5 Å². The summed E-state index contributed by atoms with van der Waals surface area (Å²) in [6.45, 7) is 3.40. The molecule has 2 aromatic heterocycles. The van der Waals surface area contributed by atoms with Gasteiger partial charge in [-0.15, -0.1) is 0 Å². The summed E-state index contributed by atoms with van der Waals surface area (Å²) in [5.41, 5.74) is 3.01. The van der Waals surface area contributed by atoms with E-state index in [-0.39, 0.29) is 12.8 Å². The van der Waals surface area contributed by atoms with Crippen LogP contribution in [0.3, 0.4) is 0 Å². The zero-order chi connectivity index (χ0) is 21.1. The van der Waals surface area contributed by atoms with E-state index in [2.05, 4.69) is 19.9 Å². The van der Waals surface area contributed by atoms with Crippen LogP contribution in [0.25, 0.3) is 22.1 Å². The Balaban J connectivity index is 1.82. The molecule has 2 atom stereocenters. The third-order valence-electron chi connectivity index (χ3n) is 4.72. The van der Waals surface area contributed by atoms with Gasteiger partial charge >= 0.3 is 11.9 Å². The number of nitrogens with one attached hydrogen (secondary N) is 2. The van der Waals surface area contributed by atoms with Crippen molar-refractivity contribution in [1.82, 2.24) is 19.9 Å². The summed E-state index contributed by atoms with van der Waals surface area (Å²) in [4.78, 5) is 40.0. The lowest BCUT2D eigenvalue weighted by atomic mass is 10.1. The molecule has 154 valence electrons. The number of para-hydroxylation sites is 4. The number of carbonyl (C=O) groups is 2. The Labute approximate surface area is 172 Å². The average molecular weight is 406 g/mol. The number of H-pyrrole nitrogens is 2. The molecule has 0 bridgehead atoms. The maximum atomic E-state index is 12.2. The highest BCUT2D eigenvalue weighted by molar-refractivity contribution is 5.76. The normalized spacial score (nSPS) is 13.3. The molecular weight excluding hydrogens is 384 g/mol. The minimum atomic E-state index is -0.985. The van der Waals surface area contributed by atoms with Crippen LogP contribution in [-0.4, -0.2) is 31.9 Å². The molecule has 8 heteroatoms. The summed E-state index contributed by atoms with van der Waals surface area (Å²) in [5.74, 6) is -0.108. The molecule has 2 N–H and O–H groups in total. The number of hydrogen-bond acceptors (Lipinski definition) is 6. The van der Waals surface area contributed by atoms with Crippen LogP contribution < -0.4 is 0 Å². The predicted octanol–water partition coefficient (Wildman–Crippen LogP) is 4.13. The van der Waals surface area contributed by atoms with Crippen molar-refractivity contribution in [3.8, 4) is 0 Å². The van der Waals surface area contributed by atoms with Crippen LogP contribution in [0.2, 0.25) is 0 Å². The van der Waals surface area contributed by atoms with Crippen molar-refractivity contribution < 1.29 is 19.1 Å². The molecule has 0 saturated carbocycles. The van der Waals surface area contributed by atoms with Gasteiger partial charge in [-0.1, -0.05) is 38.1 Å². The Morgan fingerprint density at radius 2 is 1.17 bits per heavy atom. The number of imidazole rings is 2. The molecule has 0 aliphatic carbocycles. The van der Waals surface area contributed by atoms with E-state index < -0.39 is 24.1 Å². The highest BCUT2D eigenvalue weighted by Crippen LogP contribution is 2.35. The molecule has 30 heavy (non-hydrogen) atoms. The zero-order valence-electron chi connectivity index (χ0n) is 16.7. The van der Waals surface area contributed by atoms with Crippen molar-refractivity contribution in [1.29, 1.82) is 0 Å². The first-order valence-electron chi connectivity index (χ1n) is 9.87. The molecule has 8 nitrogen and oxygen atoms in total. The highest BCUT2D eigenvalue weighted by Gasteiger charge is 2.36. The van der Waals surface area contributed by atoms with E-state index in [1.165, 1.54) is 0 Å². The summed E-state index contributed by atoms with van der Waals surface area (Å²) in [6.07, 6.45) is -1.63. The van der Waals surface area contributed by atoms with Crippen molar-refractivity contribution in [2.24, 2.45) is 0 Å². The van der Waals surface area contributed by atoms with Gasteiger partial charge in [0, 0.05) is 12.8 Å². The molecule has 0 saturated heterocycles. The molecule has 2 heterocycles. The van der Waals surface area contributed by atoms with Crippen molar-refractivity contribution in [2.75, 3.05) is 0 Å². The fourth-order valence-corrected chi connectivity index (χ4v) is 3.19. The maximum Gasteiger partial charge on any atom is 0.306 e. The van der Waals surface area contributed by atoms with E-state index in [9.17, 15) is 9.59 Å². The van der Waals surface area contributed by atoms with Crippen molar-refractivity contribution in [3.63, 3.8) is 0 Å². The number of benzene rings is 2. The highest BCUT2D eigenvalue weighted by atomic mass is 16.6. The quantitative estimate of drug-likeness (QED) is 0.447. The molecule has 4 aromatic rings. The van der Waals surface area contributed by atoms with Gasteiger partial charge in [0.1, 0.15) is 0 Å². The minimum Gasteiger partial charge on any atom is -0.450 e. The standard InChI is InChI=1S/C22H22N4O4/c1-3-17(27)29-19(21-23-13-9-5-6-10-14(13)24-21)20(30-18(28)4-2)22-25-15-11-7-8-12-16(15)26-22/h5-12,19-20H,3-4H2,1-2H3,(H,23,24)(H,25,26)/t19-,20-/m1/s1. The second kappa shape index (κ2) is 8.36. The zero-order valence-corrected chi connectivity index (χ0v) is 16.7. The Morgan fingerprint density at radius 3 is 1.53 bits per heavy atom. The van der Waals surface area contributed by atoms with Crippen molar-refractivity contribution in [2.45, 2.75) is 38.9 Å². The van der Waals surface area contributed by atoms with Gasteiger partial charge in [0.15, 0.2) is 11.6 Å². The Bertz CT molecular complexity index is 1040. The Hall–Kier alpha value is -3.68. The van der Waals surface area contributed by atoms with E-state index >= 15 is 0 Å². The molecule has 2 aromatic carbocycles. The topological polar surface area (TPSA) is 110 Å². The first-order chi connectivity index (χ1) is 14.6. The van der Waals surface area contributed by atoms with Crippen molar-refractivity contribution >= 4 is 34.0 Å². The number of ether oxygens (including phenoxy) is 2. The van der Waals surface area contributed by atoms with Gasteiger partial charge in [-0.25, -0.2) is 9.97 Å². The van der Waals surface area contributed by atoms with E-state index in [4.69, 9.17) is 9.47 Å². The van der Waals surface area contributed by atoms with Crippen LogP contribution in [0.5, 0.6) is 0 Å². The third-order valence-corrected chi connectivity index (χ3v) is 4.72. The number of fused-ring (bicyclic) bond motifs is 2. The van der Waals surface area contributed by atoms with E-state index in [0.29, 0.717) is 11.6 Å². The fraction of sp³-hybridized carbons (Fsp3) is 0.273. The summed E-state index contributed by atoms with van der Waals surface area (Å²) in [7, 11) is 0. The molecule has 0 amide bonds. The number of aromatic nitrogens is 4. The Morgan fingerprint density at radius 1 is 0.767 bits per heavy atom. The van der Waals surface area contributed by atoms with Gasteiger partial charge in [-0.05, 0) is 24.3 Å². The molecule has 0 spiro atoms. The lowest BCUT2D eigenvalue weighted by molar-refractivity contribution is -0.170. The molecule has 0 radical (unpaired) electrons. The first-order valence-corrected chi connectivity index (χ1v) is 9.87. The van der Waals surface area contributed by atoms with Crippen molar-refractivity contribution in [3.05, 3.63) is 60.2 Å². The lowest BCUT2D eigenvalue weighted by Crippen LogP contribution is -2.24. The van der Waals surface area contributed by atoms with Crippen LogP contribution >= 0.6 is 0 Å². The second-order valence-electron chi connectivity index (χ2n) is 6.81. The maximum absolute atomic E-state index is 12.2. The predicted molar refractivity (Wildman–Crippen MR) is 110 cm³/mol. The number of aromatic amines is 2. The van der Waals surface area contributed by atoms with Crippen LogP contribution in [-0.2, 0) is 19.1 Å². The number of nitrogens with zero attached hydrogens (tertiary/aromatic N) is 2. The van der Waals surface area contributed by atoms with Crippen LogP contribution in [0.15, 0.2) is 48.5 Å². The number of rotatable bonds is 7. The second-order valence-corrected chi connectivity index (χ2v) is 6.81.